The van der Waals surface area contributed by atoms with Crippen molar-refractivity contribution in [3.05, 3.63) is 29.3 Å². The van der Waals surface area contributed by atoms with Crippen molar-refractivity contribution in [2.24, 2.45) is 5.73 Å². The molecule has 1 atom stereocenters. The first kappa shape index (κ1) is 14.0. The minimum Gasteiger partial charge on any atom is -0.508 e. The second-order valence-electron chi connectivity index (χ2n) is 4.84. The topological polar surface area (TPSA) is 49.5 Å². The number of benzene rings is 1. The van der Waals surface area contributed by atoms with Crippen LogP contribution in [0.3, 0.4) is 0 Å². The summed E-state index contributed by atoms with van der Waals surface area (Å²) in [5.74, 6) is 0.333. The molecule has 96 valence electrons. The van der Waals surface area contributed by atoms with Gasteiger partial charge >= 0.3 is 0 Å². The van der Waals surface area contributed by atoms with Gasteiger partial charge in [-0.1, -0.05) is 31.5 Å². The number of nitrogens with two attached hydrogens (primary N) is 1. The molecule has 3 N–H and O–H groups in total. The van der Waals surface area contributed by atoms with Gasteiger partial charge in [-0.15, -0.1) is 0 Å². The van der Waals surface area contributed by atoms with Gasteiger partial charge in [-0.2, -0.15) is 0 Å². The maximum Gasteiger partial charge on any atom is 0.118 e. The summed E-state index contributed by atoms with van der Waals surface area (Å²) in [4.78, 5) is 2.20. The van der Waals surface area contributed by atoms with Crippen molar-refractivity contribution >= 4 is 0 Å². The van der Waals surface area contributed by atoms with E-state index in [1.807, 2.05) is 26.0 Å². The second-order valence-corrected chi connectivity index (χ2v) is 4.84. The summed E-state index contributed by atoms with van der Waals surface area (Å²) >= 11 is 0. The van der Waals surface area contributed by atoms with Gasteiger partial charge in [0.15, 0.2) is 0 Å². The highest BCUT2D eigenvalue weighted by atomic mass is 16.3. The summed E-state index contributed by atoms with van der Waals surface area (Å²) in [6.07, 6.45) is 0.655. The number of phenols is 1. The predicted octanol–water partition coefficient (Wildman–Crippen LogP) is 2.26. The van der Waals surface area contributed by atoms with Gasteiger partial charge in [-0.3, -0.25) is 4.90 Å². The third-order valence-corrected chi connectivity index (χ3v) is 3.27. The monoisotopic (exact) mass is 236 g/mol. The normalized spacial score (nSPS) is 14.9. The maximum atomic E-state index is 9.85. The molecule has 0 saturated carbocycles. The lowest BCUT2D eigenvalue weighted by atomic mass is 9.98. The molecule has 0 heterocycles. The van der Waals surface area contributed by atoms with E-state index in [4.69, 9.17) is 5.73 Å². The molecule has 0 aliphatic carbocycles. The Labute approximate surface area is 104 Å². The number of phenolic OH excluding ortho intramolecular Hbond substituents is 1. The number of rotatable bonds is 5. The number of hydrogen-bond donors (Lipinski definition) is 2. The Morgan fingerprint density at radius 2 is 1.88 bits per heavy atom. The quantitative estimate of drug-likeness (QED) is 0.771. The highest BCUT2D eigenvalue weighted by Crippen LogP contribution is 2.24. The molecular formula is C14H24N2O. The number of aromatic hydroxyl groups is 1. The van der Waals surface area contributed by atoms with Crippen molar-refractivity contribution in [1.29, 1.82) is 0 Å². The largest absolute Gasteiger partial charge is 0.508 e. The maximum absolute atomic E-state index is 9.85. The van der Waals surface area contributed by atoms with E-state index in [1.54, 1.807) is 6.07 Å². The molecular weight excluding hydrogens is 212 g/mol. The van der Waals surface area contributed by atoms with E-state index in [9.17, 15) is 5.11 Å². The minimum atomic E-state index is -0.422. The average molecular weight is 236 g/mol. The summed E-state index contributed by atoms with van der Waals surface area (Å²) in [6.45, 7) is 10.1. The van der Waals surface area contributed by atoms with Crippen molar-refractivity contribution in [3.63, 3.8) is 0 Å². The molecule has 3 nitrogen and oxygen atoms in total. The van der Waals surface area contributed by atoms with Crippen LogP contribution in [-0.2, 0) is 6.42 Å². The standard InChI is InChI=1S/C14H24N2O/c1-5-16(6-2)14(4,15)10-12-9-11(3)7-8-13(12)17/h7-9,17H,5-6,10,15H2,1-4H3. The van der Waals surface area contributed by atoms with Gasteiger partial charge < -0.3 is 10.8 Å². The molecule has 0 spiro atoms. The van der Waals surface area contributed by atoms with Crippen LogP contribution in [0.4, 0.5) is 0 Å². The van der Waals surface area contributed by atoms with Crippen molar-refractivity contribution in [2.45, 2.75) is 39.8 Å². The Kier molecular flexibility index (Phi) is 4.54. The van der Waals surface area contributed by atoms with Crippen LogP contribution in [0, 0.1) is 6.92 Å². The zero-order chi connectivity index (χ0) is 13.1. The van der Waals surface area contributed by atoms with Crippen molar-refractivity contribution < 1.29 is 5.11 Å². The SMILES string of the molecule is CCN(CC)C(C)(N)Cc1cc(C)ccc1O. The fourth-order valence-electron chi connectivity index (χ4n) is 2.30. The summed E-state index contributed by atoms with van der Waals surface area (Å²) in [5, 5.41) is 9.85. The lowest BCUT2D eigenvalue weighted by Gasteiger charge is -2.37. The Balaban J connectivity index is 2.92. The fraction of sp³-hybridized carbons (Fsp3) is 0.571. The van der Waals surface area contributed by atoms with Crippen LogP contribution >= 0.6 is 0 Å². The Hall–Kier alpha value is -1.06. The molecule has 1 aromatic rings. The van der Waals surface area contributed by atoms with E-state index in [0.29, 0.717) is 12.2 Å². The Morgan fingerprint density at radius 1 is 1.29 bits per heavy atom. The van der Waals surface area contributed by atoms with Crippen LogP contribution in [0.25, 0.3) is 0 Å². The zero-order valence-electron chi connectivity index (χ0n) is 11.3. The van der Waals surface area contributed by atoms with Crippen LogP contribution in [0.1, 0.15) is 31.9 Å². The highest BCUT2D eigenvalue weighted by molar-refractivity contribution is 5.36. The van der Waals surface area contributed by atoms with Crippen LogP contribution in [0.5, 0.6) is 5.75 Å². The molecule has 0 radical (unpaired) electrons. The van der Waals surface area contributed by atoms with Crippen LogP contribution in [0.15, 0.2) is 18.2 Å². The van der Waals surface area contributed by atoms with Gasteiger partial charge in [0.2, 0.25) is 0 Å². The van der Waals surface area contributed by atoms with Crippen molar-refractivity contribution in [2.75, 3.05) is 13.1 Å². The fourth-order valence-corrected chi connectivity index (χ4v) is 2.30. The second kappa shape index (κ2) is 5.52. The molecule has 1 unspecified atom stereocenters. The van der Waals surface area contributed by atoms with Crippen molar-refractivity contribution in [1.82, 2.24) is 4.90 Å². The number of aryl methyl sites for hydroxylation is 1. The third-order valence-electron chi connectivity index (χ3n) is 3.27. The molecule has 3 heteroatoms. The first-order valence-corrected chi connectivity index (χ1v) is 6.23. The van der Waals surface area contributed by atoms with E-state index < -0.39 is 5.66 Å². The first-order valence-electron chi connectivity index (χ1n) is 6.23. The summed E-state index contributed by atoms with van der Waals surface area (Å²) in [7, 11) is 0. The highest BCUT2D eigenvalue weighted by Gasteiger charge is 2.26. The smallest absolute Gasteiger partial charge is 0.118 e. The van der Waals surface area contributed by atoms with Gasteiger partial charge in [0.1, 0.15) is 5.75 Å². The van der Waals surface area contributed by atoms with Crippen LogP contribution in [0.2, 0.25) is 0 Å². The van der Waals surface area contributed by atoms with Gasteiger partial charge in [0.05, 0.1) is 5.66 Å². The Morgan fingerprint density at radius 3 is 2.41 bits per heavy atom. The summed E-state index contributed by atoms with van der Waals surface area (Å²) in [5.41, 5.74) is 7.99. The molecule has 0 saturated heterocycles. The molecule has 0 aromatic heterocycles. The van der Waals surface area contributed by atoms with E-state index in [-0.39, 0.29) is 0 Å². The lowest BCUT2D eigenvalue weighted by Crippen LogP contribution is -2.55. The van der Waals surface area contributed by atoms with E-state index in [2.05, 4.69) is 18.7 Å². The molecule has 1 rings (SSSR count). The molecule has 0 aliphatic rings. The third kappa shape index (κ3) is 3.45. The molecule has 0 fully saturated rings. The molecule has 0 aliphatic heterocycles. The van der Waals surface area contributed by atoms with Crippen LogP contribution < -0.4 is 5.73 Å². The zero-order valence-corrected chi connectivity index (χ0v) is 11.3. The molecule has 17 heavy (non-hydrogen) atoms. The number of nitrogens with zero attached hydrogens (tertiary/aromatic N) is 1. The van der Waals surface area contributed by atoms with E-state index in [1.165, 1.54) is 0 Å². The van der Waals surface area contributed by atoms with Gasteiger partial charge in [-0.25, -0.2) is 0 Å². The average Bonchev–Trinajstić information content (AvgIpc) is 2.24. The van der Waals surface area contributed by atoms with Gasteiger partial charge in [0, 0.05) is 6.42 Å². The van der Waals surface area contributed by atoms with Crippen LogP contribution in [-0.4, -0.2) is 28.8 Å². The molecule has 0 amide bonds. The van der Waals surface area contributed by atoms with Gasteiger partial charge in [-0.05, 0) is 38.6 Å². The molecule has 0 bridgehead atoms. The molecule has 1 aromatic carbocycles. The Bertz CT molecular complexity index is 370. The summed E-state index contributed by atoms with van der Waals surface area (Å²) in [6, 6.07) is 5.65. The lowest BCUT2D eigenvalue weighted by molar-refractivity contribution is 0.122. The van der Waals surface area contributed by atoms with E-state index >= 15 is 0 Å². The summed E-state index contributed by atoms with van der Waals surface area (Å²) < 4.78 is 0. The minimum absolute atomic E-state index is 0.333. The van der Waals surface area contributed by atoms with Crippen molar-refractivity contribution in [3.8, 4) is 5.75 Å². The van der Waals surface area contributed by atoms with E-state index in [0.717, 1.165) is 24.2 Å². The first-order chi connectivity index (χ1) is 7.90. The van der Waals surface area contributed by atoms with Gasteiger partial charge in [0.25, 0.3) is 0 Å². The predicted molar refractivity (Wildman–Crippen MR) is 72.1 cm³/mol. The number of hydrogen-bond acceptors (Lipinski definition) is 3. The number of likely N-dealkylation sites (N-methyl/N-ethyl adjacent to an activating group) is 1.